The van der Waals surface area contributed by atoms with Crippen molar-refractivity contribution in [2.75, 3.05) is 24.6 Å². The summed E-state index contributed by atoms with van der Waals surface area (Å²) in [5, 5.41) is 0. The van der Waals surface area contributed by atoms with Gasteiger partial charge < -0.3 is 15.4 Å². The average molecular weight is 221 g/mol. The summed E-state index contributed by atoms with van der Waals surface area (Å²) in [6.45, 7) is 6.53. The molecule has 0 saturated carbocycles. The van der Waals surface area contributed by atoms with Crippen LogP contribution in [0.15, 0.2) is 18.3 Å². The van der Waals surface area contributed by atoms with Crippen LogP contribution in [0.3, 0.4) is 0 Å². The molecule has 0 radical (unpaired) electrons. The van der Waals surface area contributed by atoms with Crippen LogP contribution in [0.5, 0.6) is 0 Å². The summed E-state index contributed by atoms with van der Waals surface area (Å²) >= 11 is 0. The van der Waals surface area contributed by atoms with Crippen LogP contribution in [0.4, 0.5) is 5.69 Å². The molecule has 2 N–H and O–H groups in total. The van der Waals surface area contributed by atoms with Crippen molar-refractivity contribution in [3.05, 3.63) is 24.0 Å². The number of rotatable bonds is 2. The van der Waals surface area contributed by atoms with E-state index in [2.05, 4.69) is 16.0 Å². The zero-order chi connectivity index (χ0) is 11.5. The van der Waals surface area contributed by atoms with E-state index in [0.29, 0.717) is 0 Å². The minimum atomic E-state index is 0.0748. The molecule has 0 aromatic carbocycles. The molecule has 4 heteroatoms. The van der Waals surface area contributed by atoms with E-state index in [9.17, 15) is 0 Å². The molecule has 1 aliphatic rings. The molecule has 2 rings (SSSR count). The Bertz CT molecular complexity index is 354. The number of ether oxygens (including phenoxy) is 1. The molecule has 0 bridgehead atoms. The molecule has 2 heterocycles. The Morgan fingerprint density at radius 2 is 2.44 bits per heavy atom. The highest BCUT2D eigenvalue weighted by molar-refractivity contribution is 5.46. The molecule has 2 atom stereocenters. The first-order valence-corrected chi connectivity index (χ1v) is 5.71. The summed E-state index contributed by atoms with van der Waals surface area (Å²) in [4.78, 5) is 6.52. The molecule has 0 amide bonds. The van der Waals surface area contributed by atoms with Crippen LogP contribution in [0.1, 0.15) is 12.6 Å². The van der Waals surface area contributed by atoms with Crippen molar-refractivity contribution in [2.45, 2.75) is 26.0 Å². The molecule has 1 aromatic heterocycles. The highest BCUT2D eigenvalue weighted by Crippen LogP contribution is 2.18. The fraction of sp³-hybridized carbons (Fsp3) is 0.583. The third kappa shape index (κ3) is 2.51. The number of pyridine rings is 1. The van der Waals surface area contributed by atoms with Crippen LogP contribution in [0, 0.1) is 6.92 Å². The van der Waals surface area contributed by atoms with Crippen LogP contribution < -0.4 is 10.6 Å². The highest BCUT2D eigenvalue weighted by atomic mass is 16.5. The van der Waals surface area contributed by atoms with E-state index in [1.807, 2.05) is 26.1 Å². The number of nitrogens with zero attached hydrogens (tertiary/aromatic N) is 2. The van der Waals surface area contributed by atoms with Gasteiger partial charge in [0, 0.05) is 36.7 Å². The Hall–Kier alpha value is -1.13. The molecule has 0 spiro atoms. The van der Waals surface area contributed by atoms with E-state index in [1.165, 1.54) is 5.69 Å². The highest BCUT2D eigenvalue weighted by Gasteiger charge is 2.23. The third-order valence-electron chi connectivity index (χ3n) is 2.93. The average Bonchev–Trinajstić information content (AvgIpc) is 2.29. The van der Waals surface area contributed by atoms with Gasteiger partial charge >= 0.3 is 0 Å². The monoisotopic (exact) mass is 221 g/mol. The molecule has 1 aliphatic heterocycles. The number of hydrogen-bond donors (Lipinski definition) is 1. The molecule has 0 aliphatic carbocycles. The van der Waals surface area contributed by atoms with E-state index < -0.39 is 0 Å². The second-order valence-electron chi connectivity index (χ2n) is 4.37. The molecule has 4 nitrogen and oxygen atoms in total. The van der Waals surface area contributed by atoms with E-state index >= 15 is 0 Å². The fourth-order valence-corrected chi connectivity index (χ4v) is 1.96. The van der Waals surface area contributed by atoms with E-state index in [1.54, 1.807) is 0 Å². The van der Waals surface area contributed by atoms with Gasteiger partial charge in [0.05, 0.1) is 12.7 Å². The van der Waals surface area contributed by atoms with Crippen molar-refractivity contribution >= 4 is 5.69 Å². The summed E-state index contributed by atoms with van der Waals surface area (Å²) in [6.07, 6.45) is 1.98. The molecule has 1 aromatic rings. The SMILES string of the molecule is Cc1cc(N2CCOC(C(C)N)C2)ccn1. The Morgan fingerprint density at radius 1 is 1.62 bits per heavy atom. The van der Waals surface area contributed by atoms with Crippen LogP contribution >= 0.6 is 0 Å². The Labute approximate surface area is 96.4 Å². The first kappa shape index (κ1) is 11.4. The first-order chi connectivity index (χ1) is 7.66. The number of hydrogen-bond acceptors (Lipinski definition) is 4. The summed E-state index contributed by atoms with van der Waals surface area (Å²) < 4.78 is 5.64. The van der Waals surface area contributed by atoms with Gasteiger partial charge in [0.15, 0.2) is 0 Å². The zero-order valence-corrected chi connectivity index (χ0v) is 9.89. The largest absolute Gasteiger partial charge is 0.373 e. The first-order valence-electron chi connectivity index (χ1n) is 5.71. The topological polar surface area (TPSA) is 51.4 Å². The predicted molar refractivity (Wildman–Crippen MR) is 64.6 cm³/mol. The van der Waals surface area contributed by atoms with Gasteiger partial charge in [-0.1, -0.05) is 0 Å². The van der Waals surface area contributed by atoms with Crippen LogP contribution in [-0.4, -0.2) is 36.8 Å². The molecular formula is C12H19N3O. The molecule has 1 saturated heterocycles. The molecule has 1 fully saturated rings. The van der Waals surface area contributed by atoms with Crippen molar-refractivity contribution in [3.8, 4) is 0 Å². The standard InChI is InChI=1S/C12H19N3O/c1-9-7-11(3-4-14-9)15-5-6-16-12(8-15)10(2)13/h3-4,7,10,12H,5-6,8,13H2,1-2H3. The Balaban J connectivity index is 2.09. The number of nitrogens with two attached hydrogens (primary N) is 1. The fourth-order valence-electron chi connectivity index (χ4n) is 1.96. The number of aromatic nitrogens is 1. The molecular weight excluding hydrogens is 202 g/mol. The maximum atomic E-state index is 5.87. The lowest BCUT2D eigenvalue weighted by molar-refractivity contribution is 0.0276. The van der Waals surface area contributed by atoms with Gasteiger partial charge in [-0.25, -0.2) is 0 Å². The predicted octanol–water partition coefficient (Wildman–Crippen LogP) is 0.942. The lowest BCUT2D eigenvalue weighted by Gasteiger charge is -2.36. The summed E-state index contributed by atoms with van der Waals surface area (Å²) in [7, 11) is 0. The van der Waals surface area contributed by atoms with Crippen molar-refractivity contribution in [2.24, 2.45) is 5.73 Å². The normalized spacial score (nSPS) is 23.2. The summed E-state index contributed by atoms with van der Waals surface area (Å²) in [6, 6.07) is 4.21. The minimum Gasteiger partial charge on any atom is -0.373 e. The van der Waals surface area contributed by atoms with Gasteiger partial charge in [0.25, 0.3) is 0 Å². The minimum absolute atomic E-state index is 0.0748. The lowest BCUT2D eigenvalue weighted by Crippen LogP contribution is -2.49. The van der Waals surface area contributed by atoms with E-state index in [-0.39, 0.29) is 12.1 Å². The second kappa shape index (κ2) is 4.80. The second-order valence-corrected chi connectivity index (χ2v) is 4.37. The Kier molecular flexibility index (Phi) is 3.41. The maximum Gasteiger partial charge on any atom is 0.0898 e. The number of aryl methyl sites for hydroxylation is 1. The quantitative estimate of drug-likeness (QED) is 0.807. The van der Waals surface area contributed by atoms with Gasteiger partial charge in [-0.3, -0.25) is 4.98 Å². The Morgan fingerprint density at radius 3 is 3.12 bits per heavy atom. The zero-order valence-electron chi connectivity index (χ0n) is 9.89. The van der Waals surface area contributed by atoms with Crippen LogP contribution in [0.25, 0.3) is 0 Å². The van der Waals surface area contributed by atoms with Crippen molar-refractivity contribution in [3.63, 3.8) is 0 Å². The van der Waals surface area contributed by atoms with Gasteiger partial charge in [-0.2, -0.15) is 0 Å². The van der Waals surface area contributed by atoms with Crippen molar-refractivity contribution in [1.82, 2.24) is 4.98 Å². The maximum absolute atomic E-state index is 5.87. The van der Waals surface area contributed by atoms with Crippen molar-refractivity contribution < 1.29 is 4.74 Å². The lowest BCUT2D eigenvalue weighted by atomic mass is 10.1. The van der Waals surface area contributed by atoms with Crippen LogP contribution in [-0.2, 0) is 4.74 Å². The molecule has 88 valence electrons. The van der Waals surface area contributed by atoms with Gasteiger partial charge in [0.2, 0.25) is 0 Å². The van der Waals surface area contributed by atoms with E-state index in [4.69, 9.17) is 10.5 Å². The van der Waals surface area contributed by atoms with E-state index in [0.717, 1.165) is 25.4 Å². The van der Waals surface area contributed by atoms with Gasteiger partial charge in [-0.15, -0.1) is 0 Å². The smallest absolute Gasteiger partial charge is 0.0898 e. The summed E-state index contributed by atoms with van der Waals surface area (Å²) in [5.41, 5.74) is 8.13. The molecule has 2 unspecified atom stereocenters. The van der Waals surface area contributed by atoms with Crippen molar-refractivity contribution in [1.29, 1.82) is 0 Å². The summed E-state index contributed by atoms with van der Waals surface area (Å²) in [5.74, 6) is 0. The number of morpholine rings is 1. The third-order valence-corrected chi connectivity index (χ3v) is 2.93. The van der Waals surface area contributed by atoms with Gasteiger partial charge in [-0.05, 0) is 26.0 Å². The molecule has 16 heavy (non-hydrogen) atoms. The van der Waals surface area contributed by atoms with Gasteiger partial charge in [0.1, 0.15) is 0 Å². The van der Waals surface area contributed by atoms with Crippen LogP contribution in [0.2, 0.25) is 0 Å². The number of anilines is 1.